The second-order valence-corrected chi connectivity index (χ2v) is 4.63. The first kappa shape index (κ1) is 13.2. The fraction of sp³-hybridized carbons (Fsp3) is 0.600. The number of hydrogen-bond acceptors (Lipinski definition) is 1. The highest BCUT2D eigenvalue weighted by atomic mass is 16.3. The molecule has 90 valence electrons. The molecular formula is C15H24O. The summed E-state index contributed by atoms with van der Waals surface area (Å²) in [4.78, 5) is 0. The molecule has 1 aromatic rings. The van der Waals surface area contributed by atoms with Gasteiger partial charge in [0.15, 0.2) is 0 Å². The van der Waals surface area contributed by atoms with E-state index >= 15 is 0 Å². The Labute approximate surface area is 99.5 Å². The lowest BCUT2D eigenvalue weighted by molar-refractivity contribution is -0.0252. The molecule has 1 heteroatoms. The third-order valence-electron chi connectivity index (χ3n) is 3.71. The second-order valence-electron chi connectivity index (χ2n) is 4.63. The van der Waals surface area contributed by atoms with E-state index in [9.17, 15) is 5.11 Å². The summed E-state index contributed by atoms with van der Waals surface area (Å²) in [5.41, 5.74) is 0.698. The summed E-state index contributed by atoms with van der Waals surface area (Å²) in [6, 6.07) is 10.3. The molecule has 0 aromatic heterocycles. The maximum Gasteiger partial charge on any atom is 0.0713 e. The molecule has 0 aliphatic heterocycles. The SMILES string of the molecule is CCC(CC)C(O)(CC)Cc1ccccc1. The van der Waals surface area contributed by atoms with Crippen molar-refractivity contribution in [3.63, 3.8) is 0 Å². The van der Waals surface area contributed by atoms with E-state index in [-0.39, 0.29) is 0 Å². The molecule has 16 heavy (non-hydrogen) atoms. The first-order valence-electron chi connectivity index (χ1n) is 6.42. The van der Waals surface area contributed by atoms with Gasteiger partial charge in [-0.1, -0.05) is 63.9 Å². The van der Waals surface area contributed by atoms with Crippen LogP contribution in [0.5, 0.6) is 0 Å². The third kappa shape index (κ3) is 3.08. The zero-order valence-corrected chi connectivity index (χ0v) is 10.7. The minimum Gasteiger partial charge on any atom is -0.389 e. The summed E-state index contributed by atoms with van der Waals surface area (Å²) in [5.74, 6) is 0.401. The fourth-order valence-corrected chi connectivity index (χ4v) is 2.56. The Kier molecular flexibility index (Phi) is 5.01. The lowest BCUT2D eigenvalue weighted by atomic mass is 9.77. The Bertz CT molecular complexity index is 290. The van der Waals surface area contributed by atoms with Crippen LogP contribution in [0.1, 0.15) is 45.6 Å². The van der Waals surface area contributed by atoms with Gasteiger partial charge in [-0.3, -0.25) is 0 Å². The van der Waals surface area contributed by atoms with Crippen LogP contribution in [-0.4, -0.2) is 10.7 Å². The average Bonchev–Trinajstić information content (AvgIpc) is 2.32. The van der Waals surface area contributed by atoms with Crippen LogP contribution >= 0.6 is 0 Å². The van der Waals surface area contributed by atoms with Gasteiger partial charge in [0.05, 0.1) is 5.60 Å². The van der Waals surface area contributed by atoms with Crippen molar-refractivity contribution < 1.29 is 5.11 Å². The van der Waals surface area contributed by atoms with Gasteiger partial charge in [0.25, 0.3) is 0 Å². The lowest BCUT2D eigenvalue weighted by Gasteiger charge is -2.35. The molecule has 0 bridgehead atoms. The van der Waals surface area contributed by atoms with Crippen LogP contribution in [-0.2, 0) is 6.42 Å². The van der Waals surface area contributed by atoms with E-state index in [2.05, 4.69) is 32.9 Å². The molecule has 1 rings (SSSR count). The van der Waals surface area contributed by atoms with Crippen molar-refractivity contribution >= 4 is 0 Å². The summed E-state index contributed by atoms with van der Waals surface area (Å²) in [6.07, 6.45) is 3.70. The molecule has 0 heterocycles. The van der Waals surface area contributed by atoms with E-state index in [1.165, 1.54) is 5.56 Å². The minimum absolute atomic E-state index is 0.401. The molecule has 0 aliphatic rings. The predicted molar refractivity (Wildman–Crippen MR) is 69.5 cm³/mol. The van der Waals surface area contributed by atoms with Crippen molar-refractivity contribution in [3.05, 3.63) is 35.9 Å². The highest BCUT2D eigenvalue weighted by Gasteiger charge is 2.32. The van der Waals surface area contributed by atoms with E-state index in [1.807, 2.05) is 18.2 Å². The Hall–Kier alpha value is -0.820. The first-order valence-corrected chi connectivity index (χ1v) is 6.42. The molecule has 1 atom stereocenters. The Morgan fingerprint density at radius 2 is 1.62 bits per heavy atom. The highest BCUT2D eigenvalue weighted by molar-refractivity contribution is 5.17. The Balaban J connectivity index is 2.81. The number of aliphatic hydroxyl groups is 1. The Morgan fingerprint density at radius 1 is 1.06 bits per heavy atom. The van der Waals surface area contributed by atoms with Gasteiger partial charge in [-0.05, 0) is 17.9 Å². The van der Waals surface area contributed by atoms with E-state index < -0.39 is 5.60 Å². The molecule has 0 fully saturated rings. The first-order chi connectivity index (χ1) is 7.66. The van der Waals surface area contributed by atoms with E-state index in [0.717, 1.165) is 25.7 Å². The van der Waals surface area contributed by atoms with Crippen LogP contribution in [0.2, 0.25) is 0 Å². The smallest absolute Gasteiger partial charge is 0.0713 e. The fourth-order valence-electron chi connectivity index (χ4n) is 2.56. The topological polar surface area (TPSA) is 20.2 Å². The highest BCUT2D eigenvalue weighted by Crippen LogP contribution is 2.30. The largest absolute Gasteiger partial charge is 0.389 e. The summed E-state index contributed by atoms with van der Waals surface area (Å²) >= 11 is 0. The summed E-state index contributed by atoms with van der Waals surface area (Å²) in [5, 5.41) is 10.7. The molecule has 0 aliphatic carbocycles. The summed E-state index contributed by atoms with van der Waals surface area (Å²) < 4.78 is 0. The average molecular weight is 220 g/mol. The van der Waals surface area contributed by atoms with Gasteiger partial charge < -0.3 is 5.11 Å². The number of benzene rings is 1. The molecule has 1 N–H and O–H groups in total. The van der Waals surface area contributed by atoms with Gasteiger partial charge in [-0.2, -0.15) is 0 Å². The van der Waals surface area contributed by atoms with Crippen LogP contribution < -0.4 is 0 Å². The van der Waals surface area contributed by atoms with Crippen LogP contribution in [0.4, 0.5) is 0 Å². The zero-order valence-electron chi connectivity index (χ0n) is 10.7. The molecule has 1 aromatic carbocycles. The second kappa shape index (κ2) is 6.05. The molecule has 0 amide bonds. The van der Waals surface area contributed by atoms with Gasteiger partial charge in [-0.15, -0.1) is 0 Å². The minimum atomic E-state index is -0.537. The molecule has 1 nitrogen and oxygen atoms in total. The van der Waals surface area contributed by atoms with Crippen LogP contribution in [0.15, 0.2) is 30.3 Å². The van der Waals surface area contributed by atoms with Crippen molar-refractivity contribution in [2.24, 2.45) is 5.92 Å². The quantitative estimate of drug-likeness (QED) is 0.773. The Morgan fingerprint density at radius 3 is 2.06 bits per heavy atom. The van der Waals surface area contributed by atoms with Crippen LogP contribution in [0.3, 0.4) is 0 Å². The van der Waals surface area contributed by atoms with Crippen molar-refractivity contribution in [1.82, 2.24) is 0 Å². The number of hydrogen-bond donors (Lipinski definition) is 1. The molecule has 0 saturated heterocycles. The predicted octanol–water partition coefficient (Wildman–Crippen LogP) is 3.81. The standard InChI is InChI=1S/C15H24O/c1-4-14(5-2)15(16,6-3)12-13-10-8-7-9-11-13/h7-11,14,16H,4-6,12H2,1-3H3. The maximum atomic E-state index is 10.7. The number of rotatable bonds is 6. The molecular weight excluding hydrogens is 196 g/mol. The van der Waals surface area contributed by atoms with Crippen molar-refractivity contribution in [1.29, 1.82) is 0 Å². The maximum absolute atomic E-state index is 10.7. The third-order valence-corrected chi connectivity index (χ3v) is 3.71. The van der Waals surface area contributed by atoms with Gasteiger partial charge >= 0.3 is 0 Å². The zero-order chi connectivity index (χ0) is 12.0. The molecule has 0 radical (unpaired) electrons. The van der Waals surface area contributed by atoms with Gasteiger partial charge in [0.2, 0.25) is 0 Å². The summed E-state index contributed by atoms with van der Waals surface area (Å²) in [7, 11) is 0. The molecule has 0 saturated carbocycles. The molecule has 0 spiro atoms. The van der Waals surface area contributed by atoms with Crippen molar-refractivity contribution in [3.8, 4) is 0 Å². The van der Waals surface area contributed by atoms with Crippen molar-refractivity contribution in [2.45, 2.75) is 52.1 Å². The molecule has 1 unspecified atom stereocenters. The van der Waals surface area contributed by atoms with Crippen LogP contribution in [0.25, 0.3) is 0 Å². The van der Waals surface area contributed by atoms with E-state index in [0.29, 0.717) is 5.92 Å². The summed E-state index contributed by atoms with van der Waals surface area (Å²) in [6.45, 7) is 6.42. The van der Waals surface area contributed by atoms with Crippen molar-refractivity contribution in [2.75, 3.05) is 0 Å². The monoisotopic (exact) mass is 220 g/mol. The van der Waals surface area contributed by atoms with Gasteiger partial charge in [0.1, 0.15) is 0 Å². The normalized spacial score (nSPS) is 15.1. The van der Waals surface area contributed by atoms with Gasteiger partial charge in [-0.25, -0.2) is 0 Å². The van der Waals surface area contributed by atoms with E-state index in [4.69, 9.17) is 0 Å². The van der Waals surface area contributed by atoms with Crippen LogP contribution in [0, 0.1) is 5.92 Å². The van der Waals surface area contributed by atoms with Gasteiger partial charge in [0, 0.05) is 6.42 Å². The van der Waals surface area contributed by atoms with E-state index in [1.54, 1.807) is 0 Å². The lowest BCUT2D eigenvalue weighted by Crippen LogP contribution is -2.39.